The molecular weight excluding hydrogens is 296 g/mol. The molecule has 0 saturated heterocycles. The van der Waals surface area contributed by atoms with Crippen molar-refractivity contribution in [3.05, 3.63) is 35.4 Å². The van der Waals surface area contributed by atoms with Gasteiger partial charge in [0.05, 0.1) is 0 Å². The molecule has 1 heteroatoms. The van der Waals surface area contributed by atoms with E-state index in [1.54, 1.807) is 0 Å². The van der Waals surface area contributed by atoms with Crippen molar-refractivity contribution in [2.24, 2.45) is 11.3 Å². The first kappa shape index (κ1) is 15.1. The lowest BCUT2D eigenvalue weighted by molar-refractivity contribution is 0.228. The second-order valence-corrected chi connectivity index (χ2v) is 7.93. The Hall–Kier alpha value is -0.300. The fourth-order valence-corrected chi connectivity index (χ4v) is 4.70. The van der Waals surface area contributed by atoms with Gasteiger partial charge in [-0.3, -0.25) is 0 Å². The highest BCUT2D eigenvalue weighted by Crippen LogP contribution is 2.49. The second kappa shape index (κ2) is 6.43. The molecule has 1 aromatic rings. The van der Waals surface area contributed by atoms with Gasteiger partial charge in [-0.1, -0.05) is 72.4 Å². The fourth-order valence-electron chi connectivity index (χ4n) is 3.69. The van der Waals surface area contributed by atoms with Crippen LogP contribution >= 0.6 is 15.9 Å². The van der Waals surface area contributed by atoms with Crippen molar-refractivity contribution in [2.45, 2.75) is 64.1 Å². The van der Waals surface area contributed by atoms with Crippen molar-refractivity contribution >= 4 is 15.9 Å². The van der Waals surface area contributed by atoms with E-state index in [4.69, 9.17) is 0 Å². The second-order valence-electron chi connectivity index (χ2n) is 6.82. The molecule has 0 nitrogen and oxygen atoms in total. The van der Waals surface area contributed by atoms with Crippen molar-refractivity contribution in [1.82, 2.24) is 0 Å². The lowest BCUT2D eigenvalue weighted by Gasteiger charge is -2.36. The third-order valence-corrected chi connectivity index (χ3v) is 5.91. The van der Waals surface area contributed by atoms with Gasteiger partial charge in [0.2, 0.25) is 0 Å². The summed E-state index contributed by atoms with van der Waals surface area (Å²) in [4.78, 5) is 0.632. The molecule has 1 aliphatic carbocycles. The average Bonchev–Trinajstić information content (AvgIpc) is 2.81. The topological polar surface area (TPSA) is 0 Å². The number of hydrogen-bond donors (Lipinski definition) is 0. The van der Waals surface area contributed by atoms with Crippen LogP contribution in [0, 0.1) is 18.3 Å². The molecule has 1 aliphatic rings. The molecular formula is C18H27Br. The molecule has 0 radical (unpaired) electrons. The molecule has 2 rings (SSSR count). The zero-order chi connectivity index (χ0) is 13.9. The largest absolute Gasteiger partial charge is 0.0881 e. The Balaban J connectivity index is 2.07. The summed E-state index contributed by atoms with van der Waals surface area (Å²) in [5, 5.41) is 0. The predicted molar refractivity (Wildman–Crippen MR) is 88.0 cm³/mol. The highest BCUT2D eigenvalue weighted by Gasteiger charge is 2.40. The minimum Gasteiger partial charge on any atom is -0.0881 e. The van der Waals surface area contributed by atoms with E-state index in [1.165, 1.54) is 49.7 Å². The lowest BCUT2D eigenvalue weighted by atomic mass is 9.74. The highest BCUT2D eigenvalue weighted by molar-refractivity contribution is 9.09. The van der Waals surface area contributed by atoms with Gasteiger partial charge >= 0.3 is 0 Å². The molecule has 1 fully saturated rings. The smallest absolute Gasteiger partial charge is 0.0242 e. The zero-order valence-corrected chi connectivity index (χ0v) is 14.2. The first-order chi connectivity index (χ1) is 9.02. The maximum atomic E-state index is 4.05. The molecule has 106 valence electrons. The van der Waals surface area contributed by atoms with Crippen LogP contribution < -0.4 is 0 Å². The molecule has 0 spiro atoms. The first-order valence-corrected chi connectivity index (χ1v) is 8.63. The molecule has 1 unspecified atom stereocenters. The van der Waals surface area contributed by atoms with E-state index in [0.717, 1.165) is 5.92 Å². The van der Waals surface area contributed by atoms with Crippen LogP contribution in [-0.4, -0.2) is 4.83 Å². The molecule has 0 amide bonds. The van der Waals surface area contributed by atoms with Crippen molar-refractivity contribution < 1.29 is 0 Å². The molecule has 0 bridgehead atoms. The molecule has 0 N–H and O–H groups in total. The summed E-state index contributed by atoms with van der Waals surface area (Å²) in [7, 11) is 0. The van der Waals surface area contributed by atoms with Crippen LogP contribution in [0.25, 0.3) is 0 Å². The van der Waals surface area contributed by atoms with E-state index in [-0.39, 0.29) is 0 Å². The van der Waals surface area contributed by atoms with Crippen LogP contribution in [0.2, 0.25) is 0 Å². The van der Waals surface area contributed by atoms with Gasteiger partial charge in [-0.2, -0.15) is 0 Å². The number of halogens is 1. The Morgan fingerprint density at radius 1 is 1.11 bits per heavy atom. The number of aryl methyl sites for hydroxylation is 1. The van der Waals surface area contributed by atoms with E-state index in [9.17, 15) is 0 Å². The highest BCUT2D eigenvalue weighted by atomic mass is 79.9. The third kappa shape index (κ3) is 3.84. The quantitative estimate of drug-likeness (QED) is 0.591. The van der Waals surface area contributed by atoms with Gasteiger partial charge in [0.15, 0.2) is 0 Å². The average molecular weight is 323 g/mol. The van der Waals surface area contributed by atoms with Crippen LogP contribution in [-0.2, 0) is 6.42 Å². The Bertz CT molecular complexity index is 385. The normalized spacial score (nSPS) is 19.8. The maximum absolute atomic E-state index is 4.05. The van der Waals surface area contributed by atoms with Crippen molar-refractivity contribution in [2.75, 3.05) is 0 Å². The van der Waals surface area contributed by atoms with Crippen LogP contribution in [0.15, 0.2) is 24.3 Å². The first-order valence-electron chi connectivity index (χ1n) is 7.71. The Morgan fingerprint density at radius 2 is 1.68 bits per heavy atom. The van der Waals surface area contributed by atoms with Crippen LogP contribution in [0.3, 0.4) is 0 Å². The van der Waals surface area contributed by atoms with Gasteiger partial charge in [-0.25, -0.2) is 0 Å². The molecule has 1 atom stereocenters. The number of hydrogen-bond acceptors (Lipinski definition) is 0. The van der Waals surface area contributed by atoms with E-state index < -0.39 is 0 Å². The van der Waals surface area contributed by atoms with Crippen LogP contribution in [0.5, 0.6) is 0 Å². The summed E-state index contributed by atoms with van der Waals surface area (Å²) in [6, 6.07) is 9.06. The molecule has 0 aromatic heterocycles. The Morgan fingerprint density at radius 3 is 2.21 bits per heavy atom. The van der Waals surface area contributed by atoms with Crippen LogP contribution in [0.1, 0.15) is 57.1 Å². The van der Waals surface area contributed by atoms with E-state index in [1.807, 2.05) is 0 Å². The minimum atomic E-state index is 0.541. The van der Waals surface area contributed by atoms with Gasteiger partial charge in [-0.15, -0.1) is 0 Å². The van der Waals surface area contributed by atoms with E-state index >= 15 is 0 Å². The summed E-state index contributed by atoms with van der Waals surface area (Å²) < 4.78 is 0. The third-order valence-electron chi connectivity index (χ3n) is 4.61. The summed E-state index contributed by atoms with van der Waals surface area (Å²) in [5.41, 5.74) is 3.37. The SMILES string of the molecule is Cc1ccc(CC(Br)C2(CC(C)C)CCCC2)cc1. The van der Waals surface area contributed by atoms with Crippen LogP contribution in [0.4, 0.5) is 0 Å². The molecule has 1 saturated carbocycles. The van der Waals surface area contributed by atoms with Gasteiger partial charge in [0.1, 0.15) is 0 Å². The van der Waals surface area contributed by atoms with Crippen molar-refractivity contribution in [3.63, 3.8) is 0 Å². The summed E-state index contributed by atoms with van der Waals surface area (Å²) in [5.74, 6) is 0.802. The predicted octanol–water partition coefficient (Wildman–Crippen LogP) is 5.91. The monoisotopic (exact) mass is 322 g/mol. The molecule has 0 aliphatic heterocycles. The number of alkyl halides is 1. The summed E-state index contributed by atoms with van der Waals surface area (Å²) in [6.07, 6.45) is 8.20. The molecule has 19 heavy (non-hydrogen) atoms. The van der Waals surface area contributed by atoms with Crippen molar-refractivity contribution in [1.29, 1.82) is 0 Å². The standard InChI is InChI=1S/C18H27Br/c1-14(2)13-18(10-4-5-11-18)17(19)12-16-8-6-15(3)7-9-16/h6-9,14,17H,4-5,10-13H2,1-3H3. The zero-order valence-electron chi connectivity index (χ0n) is 12.6. The van der Waals surface area contributed by atoms with Gasteiger partial charge in [0.25, 0.3) is 0 Å². The fraction of sp³-hybridized carbons (Fsp3) is 0.667. The summed E-state index contributed by atoms with van der Waals surface area (Å²) in [6.45, 7) is 6.89. The minimum absolute atomic E-state index is 0.541. The van der Waals surface area contributed by atoms with E-state index in [2.05, 4.69) is 61.0 Å². The van der Waals surface area contributed by atoms with Gasteiger partial charge < -0.3 is 0 Å². The maximum Gasteiger partial charge on any atom is 0.0242 e. The lowest BCUT2D eigenvalue weighted by Crippen LogP contribution is -2.31. The number of benzene rings is 1. The molecule has 1 aromatic carbocycles. The Kier molecular flexibility index (Phi) is 5.11. The van der Waals surface area contributed by atoms with Crippen molar-refractivity contribution in [3.8, 4) is 0 Å². The number of rotatable bonds is 5. The Labute approximate surface area is 127 Å². The molecule has 0 heterocycles. The van der Waals surface area contributed by atoms with Gasteiger partial charge in [-0.05, 0) is 49.5 Å². The van der Waals surface area contributed by atoms with E-state index in [0.29, 0.717) is 10.2 Å². The summed E-state index contributed by atoms with van der Waals surface area (Å²) >= 11 is 4.05. The van der Waals surface area contributed by atoms with Gasteiger partial charge in [0, 0.05) is 4.83 Å².